The van der Waals surface area contributed by atoms with Crippen LogP contribution in [-0.4, -0.2) is 41.9 Å². The van der Waals surface area contributed by atoms with Crippen LogP contribution in [0.25, 0.3) is 0 Å². The zero-order valence-corrected chi connectivity index (χ0v) is 19.1. The van der Waals surface area contributed by atoms with Gasteiger partial charge in [0.05, 0.1) is 13.1 Å². The molecule has 1 aromatic heterocycles. The van der Waals surface area contributed by atoms with Crippen LogP contribution in [0.5, 0.6) is 5.88 Å². The molecule has 1 aromatic carbocycles. The van der Waals surface area contributed by atoms with Crippen LogP contribution in [0.4, 0.5) is 13.2 Å². The number of ether oxygens (including phenoxy) is 1. The Morgan fingerprint density at radius 2 is 1.83 bits per heavy atom. The van der Waals surface area contributed by atoms with E-state index in [0.717, 1.165) is 5.56 Å². The topological polar surface area (TPSA) is 78.8 Å². The van der Waals surface area contributed by atoms with Gasteiger partial charge in [0, 0.05) is 18.8 Å². The molecule has 0 radical (unpaired) electrons. The number of alkyl halides is 3. The molecule has 1 unspecified atom stereocenters. The molecule has 0 saturated heterocycles. The van der Waals surface area contributed by atoms with E-state index >= 15 is 0 Å². The zero-order chi connectivity index (χ0) is 21.3. The molecule has 1 atom stereocenters. The van der Waals surface area contributed by atoms with E-state index in [4.69, 9.17) is 0 Å². The second-order valence-electron chi connectivity index (χ2n) is 6.60. The highest BCUT2D eigenvalue weighted by molar-refractivity contribution is 14.0. The first-order valence-corrected chi connectivity index (χ1v) is 9.14. The summed E-state index contributed by atoms with van der Waals surface area (Å²) < 4.78 is 41.1. The molecule has 0 aliphatic carbocycles. The molecule has 0 aliphatic rings. The second-order valence-corrected chi connectivity index (χ2v) is 6.60. The first kappa shape index (κ1) is 26.0. The van der Waals surface area contributed by atoms with Gasteiger partial charge in [-0.2, -0.15) is 13.2 Å². The van der Waals surface area contributed by atoms with E-state index in [1.165, 1.54) is 12.3 Å². The number of nitrogens with one attached hydrogen (secondary N) is 2. The lowest BCUT2D eigenvalue weighted by Crippen LogP contribution is -2.44. The van der Waals surface area contributed by atoms with Crippen molar-refractivity contribution in [3.63, 3.8) is 0 Å². The fourth-order valence-electron chi connectivity index (χ4n) is 2.41. The van der Waals surface area contributed by atoms with Crippen LogP contribution in [0.15, 0.2) is 53.7 Å². The minimum absolute atomic E-state index is 0. The van der Waals surface area contributed by atoms with E-state index in [2.05, 4.69) is 25.3 Å². The number of halogens is 4. The maximum atomic E-state index is 12.2. The van der Waals surface area contributed by atoms with Crippen molar-refractivity contribution >= 4 is 29.9 Å². The largest absolute Gasteiger partial charge is 0.468 e. The summed E-state index contributed by atoms with van der Waals surface area (Å²) >= 11 is 0. The standard InChI is InChI=1S/C20H25F3N4O2.HI/c1-3-24-18(27-13-19(2,28)16-7-5-4-6-8-16)26-12-15-9-10-17(25-11-15)29-14-20(21,22)23;/h4-11,28H,3,12-14H2,1-2H3,(H2,24,26,27);1H. The number of hydrogen-bond acceptors (Lipinski definition) is 4. The van der Waals surface area contributed by atoms with Gasteiger partial charge in [-0.3, -0.25) is 0 Å². The van der Waals surface area contributed by atoms with Crippen LogP contribution in [0.2, 0.25) is 0 Å². The molecule has 2 aromatic rings. The van der Waals surface area contributed by atoms with E-state index in [-0.39, 0.29) is 42.9 Å². The average molecular weight is 538 g/mol. The monoisotopic (exact) mass is 538 g/mol. The second kappa shape index (κ2) is 11.9. The molecule has 0 spiro atoms. The van der Waals surface area contributed by atoms with Gasteiger partial charge >= 0.3 is 6.18 Å². The Balaban J connectivity index is 0.00000450. The number of benzene rings is 1. The fourth-order valence-corrected chi connectivity index (χ4v) is 2.41. The summed E-state index contributed by atoms with van der Waals surface area (Å²) in [5.74, 6) is 0.403. The predicted molar refractivity (Wildman–Crippen MR) is 120 cm³/mol. The Morgan fingerprint density at radius 3 is 2.40 bits per heavy atom. The van der Waals surface area contributed by atoms with E-state index in [1.807, 2.05) is 37.3 Å². The van der Waals surface area contributed by atoms with Crippen LogP contribution >= 0.6 is 24.0 Å². The molecule has 0 bridgehead atoms. The Bertz CT molecular complexity index is 785. The summed E-state index contributed by atoms with van der Waals surface area (Å²) in [6.45, 7) is 3.37. The number of aliphatic hydroxyl groups is 1. The van der Waals surface area contributed by atoms with Crippen molar-refractivity contribution in [1.29, 1.82) is 0 Å². The van der Waals surface area contributed by atoms with Gasteiger partial charge in [-0.05, 0) is 25.0 Å². The highest BCUT2D eigenvalue weighted by Crippen LogP contribution is 2.19. The third-order valence-electron chi connectivity index (χ3n) is 3.94. The van der Waals surface area contributed by atoms with Crippen molar-refractivity contribution < 1.29 is 23.0 Å². The molecule has 3 N–H and O–H groups in total. The van der Waals surface area contributed by atoms with Gasteiger partial charge in [0.1, 0.15) is 5.60 Å². The van der Waals surface area contributed by atoms with E-state index < -0.39 is 18.4 Å². The quantitative estimate of drug-likeness (QED) is 0.272. The molecule has 0 aliphatic heterocycles. The van der Waals surface area contributed by atoms with Crippen LogP contribution in [-0.2, 0) is 12.1 Å². The number of rotatable bonds is 8. The van der Waals surface area contributed by atoms with Crippen LogP contribution < -0.4 is 15.4 Å². The van der Waals surface area contributed by atoms with Gasteiger partial charge in [0.25, 0.3) is 0 Å². The number of pyridine rings is 1. The van der Waals surface area contributed by atoms with Crippen molar-refractivity contribution in [1.82, 2.24) is 15.6 Å². The van der Waals surface area contributed by atoms with Gasteiger partial charge in [0.15, 0.2) is 12.6 Å². The molecule has 30 heavy (non-hydrogen) atoms. The minimum atomic E-state index is -4.40. The SMILES string of the molecule is CCNC(=NCc1ccc(OCC(F)(F)F)nc1)NCC(C)(O)c1ccccc1.I. The molecule has 10 heteroatoms. The van der Waals surface area contributed by atoms with E-state index in [1.54, 1.807) is 13.0 Å². The number of guanidine groups is 1. The lowest BCUT2D eigenvalue weighted by molar-refractivity contribution is -0.154. The molecule has 0 fully saturated rings. The fraction of sp³-hybridized carbons (Fsp3) is 0.400. The van der Waals surface area contributed by atoms with Gasteiger partial charge < -0.3 is 20.5 Å². The summed E-state index contributed by atoms with van der Waals surface area (Å²) in [5, 5.41) is 16.9. The van der Waals surface area contributed by atoms with Crippen LogP contribution in [0.1, 0.15) is 25.0 Å². The van der Waals surface area contributed by atoms with Crippen LogP contribution in [0, 0.1) is 0 Å². The van der Waals surface area contributed by atoms with Crippen molar-refractivity contribution in [2.45, 2.75) is 32.2 Å². The summed E-state index contributed by atoms with van der Waals surface area (Å²) in [5.41, 5.74) is 0.398. The molecule has 166 valence electrons. The lowest BCUT2D eigenvalue weighted by atomic mass is 9.96. The van der Waals surface area contributed by atoms with Gasteiger partial charge in [0.2, 0.25) is 5.88 Å². The summed E-state index contributed by atoms with van der Waals surface area (Å²) in [4.78, 5) is 8.28. The number of aliphatic imine (C=N–C) groups is 1. The third kappa shape index (κ3) is 9.16. The summed E-state index contributed by atoms with van der Waals surface area (Å²) in [6, 6.07) is 12.3. The van der Waals surface area contributed by atoms with Gasteiger partial charge in [-0.15, -0.1) is 24.0 Å². The van der Waals surface area contributed by atoms with E-state index in [0.29, 0.717) is 18.1 Å². The lowest BCUT2D eigenvalue weighted by Gasteiger charge is -2.25. The Kier molecular flexibility index (Phi) is 10.3. The third-order valence-corrected chi connectivity index (χ3v) is 3.94. The molecule has 1 heterocycles. The first-order valence-electron chi connectivity index (χ1n) is 9.14. The normalized spacial score (nSPS) is 13.7. The molecular weight excluding hydrogens is 512 g/mol. The van der Waals surface area contributed by atoms with Crippen LogP contribution in [0.3, 0.4) is 0 Å². The summed E-state index contributed by atoms with van der Waals surface area (Å²) in [7, 11) is 0. The molecule has 6 nitrogen and oxygen atoms in total. The molecule has 0 saturated carbocycles. The number of nitrogens with zero attached hydrogens (tertiary/aromatic N) is 2. The Hall–Kier alpha value is -2.08. The van der Waals surface area contributed by atoms with E-state index in [9.17, 15) is 18.3 Å². The zero-order valence-electron chi connectivity index (χ0n) is 16.7. The highest BCUT2D eigenvalue weighted by atomic mass is 127. The Morgan fingerprint density at radius 1 is 1.13 bits per heavy atom. The van der Waals surface area contributed by atoms with Crippen molar-refractivity contribution in [2.75, 3.05) is 19.7 Å². The molecular formula is C20H26F3IN4O2. The average Bonchev–Trinajstić information content (AvgIpc) is 2.69. The number of hydrogen-bond donors (Lipinski definition) is 3. The first-order chi connectivity index (χ1) is 13.7. The predicted octanol–water partition coefficient (Wildman–Crippen LogP) is 3.60. The summed E-state index contributed by atoms with van der Waals surface area (Å²) in [6.07, 6.45) is -2.99. The van der Waals surface area contributed by atoms with Crippen molar-refractivity contribution in [3.8, 4) is 5.88 Å². The molecule has 0 amide bonds. The smallest absolute Gasteiger partial charge is 0.422 e. The van der Waals surface area contributed by atoms with Gasteiger partial charge in [-0.25, -0.2) is 9.98 Å². The maximum absolute atomic E-state index is 12.2. The number of aromatic nitrogens is 1. The highest BCUT2D eigenvalue weighted by Gasteiger charge is 2.28. The maximum Gasteiger partial charge on any atom is 0.422 e. The van der Waals surface area contributed by atoms with Crippen molar-refractivity contribution in [3.05, 3.63) is 59.8 Å². The Labute approximate surface area is 191 Å². The van der Waals surface area contributed by atoms with Crippen molar-refractivity contribution in [2.24, 2.45) is 4.99 Å². The minimum Gasteiger partial charge on any atom is -0.468 e. The molecule has 2 rings (SSSR count). The van der Waals surface area contributed by atoms with Gasteiger partial charge in [-0.1, -0.05) is 36.4 Å².